The van der Waals surface area contributed by atoms with Crippen LogP contribution in [0.15, 0.2) is 47.4 Å². The van der Waals surface area contributed by atoms with Crippen LogP contribution >= 0.6 is 35.6 Å². The Morgan fingerprint density at radius 1 is 1.30 bits per heavy atom. The van der Waals surface area contributed by atoms with Crippen molar-refractivity contribution in [2.45, 2.75) is 6.92 Å². The van der Waals surface area contributed by atoms with E-state index in [0.717, 1.165) is 17.3 Å². The highest BCUT2D eigenvalue weighted by Gasteiger charge is 2.22. The van der Waals surface area contributed by atoms with Gasteiger partial charge in [-0.05, 0) is 43.3 Å². The van der Waals surface area contributed by atoms with Gasteiger partial charge in [-0.15, -0.1) is 0 Å². The molecule has 0 atom stereocenters. The Balaban J connectivity index is 1.70. The van der Waals surface area contributed by atoms with Crippen LogP contribution in [0.1, 0.15) is 11.1 Å². The number of carbonyl (C=O) groups excluding carboxylic acids is 2. The third-order valence-electron chi connectivity index (χ3n) is 3.59. The summed E-state index contributed by atoms with van der Waals surface area (Å²) in [6, 6.07) is 12.4. The van der Waals surface area contributed by atoms with E-state index in [1.165, 1.54) is 0 Å². The summed E-state index contributed by atoms with van der Waals surface area (Å²) in [5.74, 6) is -0.119. The minimum Gasteiger partial charge on any atom is -0.483 e. The van der Waals surface area contributed by atoms with Gasteiger partial charge in [-0.25, -0.2) is 0 Å². The molecule has 0 unspecified atom stereocenters. The largest absolute Gasteiger partial charge is 0.483 e. The summed E-state index contributed by atoms with van der Waals surface area (Å²) in [4.78, 5) is 24.4. The topological polar surface area (TPSA) is 67.4 Å². The lowest BCUT2D eigenvalue weighted by atomic mass is 10.2. The Hall–Kier alpha value is -2.35. The number of hydrogen-bond donors (Lipinski definition) is 2. The number of aryl methyl sites for hydroxylation is 1. The first-order valence-corrected chi connectivity index (χ1v) is 9.55. The number of ether oxygens (including phenoxy) is 1. The highest BCUT2D eigenvalue weighted by atomic mass is 35.5. The fourth-order valence-electron chi connectivity index (χ4n) is 2.30. The Labute approximate surface area is 171 Å². The van der Waals surface area contributed by atoms with Gasteiger partial charge in [0.2, 0.25) is 0 Å². The van der Waals surface area contributed by atoms with Crippen molar-refractivity contribution in [1.82, 2.24) is 5.32 Å². The van der Waals surface area contributed by atoms with Gasteiger partial charge in [0, 0.05) is 16.3 Å². The number of halogens is 1. The van der Waals surface area contributed by atoms with Crippen molar-refractivity contribution in [2.24, 2.45) is 0 Å². The first kappa shape index (κ1) is 19.4. The van der Waals surface area contributed by atoms with E-state index in [-0.39, 0.29) is 18.4 Å². The molecule has 138 valence electrons. The fourth-order valence-corrected chi connectivity index (χ4v) is 3.52. The smallest absolute Gasteiger partial charge is 0.263 e. The zero-order chi connectivity index (χ0) is 19.4. The molecule has 27 heavy (non-hydrogen) atoms. The van der Waals surface area contributed by atoms with Crippen molar-refractivity contribution in [3.05, 3.63) is 63.5 Å². The monoisotopic (exact) mass is 418 g/mol. The third-order valence-corrected chi connectivity index (χ3v) is 4.99. The summed E-state index contributed by atoms with van der Waals surface area (Å²) in [6.07, 6.45) is 1.64. The molecule has 2 aromatic carbocycles. The lowest BCUT2D eigenvalue weighted by molar-refractivity contribution is -0.118. The molecule has 0 aliphatic carbocycles. The van der Waals surface area contributed by atoms with Crippen molar-refractivity contribution in [1.29, 1.82) is 0 Å². The van der Waals surface area contributed by atoms with Crippen molar-refractivity contribution in [2.75, 3.05) is 11.9 Å². The Morgan fingerprint density at radius 2 is 2.04 bits per heavy atom. The maximum Gasteiger partial charge on any atom is 0.263 e. The van der Waals surface area contributed by atoms with E-state index in [4.69, 9.17) is 28.6 Å². The highest BCUT2D eigenvalue weighted by Crippen LogP contribution is 2.31. The van der Waals surface area contributed by atoms with Crippen LogP contribution in [0.3, 0.4) is 0 Å². The molecule has 0 spiro atoms. The number of thiocarbonyl (C=S) groups is 1. The molecular weight excluding hydrogens is 404 g/mol. The Bertz CT molecular complexity index is 942. The quantitative estimate of drug-likeness (QED) is 0.563. The zero-order valence-corrected chi connectivity index (χ0v) is 16.6. The third kappa shape index (κ3) is 5.32. The number of carbonyl (C=O) groups is 2. The van der Waals surface area contributed by atoms with E-state index in [9.17, 15) is 9.59 Å². The minimum absolute atomic E-state index is 0.177. The number of rotatable bonds is 5. The number of benzene rings is 2. The van der Waals surface area contributed by atoms with Crippen LogP contribution in [0, 0.1) is 6.92 Å². The second-order valence-electron chi connectivity index (χ2n) is 5.74. The SMILES string of the molecule is Cc1ccc(NC(=O)COc2ccc(Cl)cc2/C=C2\SC(=S)NC2=O)cc1. The molecule has 1 aliphatic rings. The van der Waals surface area contributed by atoms with E-state index in [2.05, 4.69) is 10.6 Å². The molecule has 0 saturated carbocycles. The maximum absolute atomic E-state index is 12.1. The molecule has 3 rings (SSSR count). The minimum atomic E-state index is -0.290. The van der Waals surface area contributed by atoms with Gasteiger partial charge in [-0.2, -0.15) is 0 Å². The van der Waals surface area contributed by atoms with Crippen LogP contribution in [0.5, 0.6) is 5.75 Å². The lowest BCUT2D eigenvalue weighted by Crippen LogP contribution is -2.20. The standard InChI is InChI=1S/C19H15ClN2O3S2/c1-11-2-5-14(6-3-11)21-17(23)10-25-15-7-4-13(20)8-12(15)9-16-18(24)22-19(26)27-16/h2-9H,10H2,1H3,(H,21,23)(H,22,24,26)/b16-9-. The molecule has 1 aliphatic heterocycles. The van der Waals surface area contributed by atoms with Crippen LogP contribution in [-0.2, 0) is 9.59 Å². The molecule has 1 heterocycles. The first-order chi connectivity index (χ1) is 12.9. The van der Waals surface area contributed by atoms with E-state index in [0.29, 0.717) is 31.2 Å². The van der Waals surface area contributed by atoms with Gasteiger partial charge in [-0.3, -0.25) is 9.59 Å². The second-order valence-corrected chi connectivity index (χ2v) is 7.89. The number of hydrogen-bond acceptors (Lipinski definition) is 5. The number of nitrogens with one attached hydrogen (secondary N) is 2. The molecule has 5 nitrogen and oxygen atoms in total. The maximum atomic E-state index is 12.1. The second kappa shape index (κ2) is 8.56. The average molecular weight is 419 g/mol. The molecule has 8 heteroatoms. The number of thioether (sulfide) groups is 1. The fraction of sp³-hybridized carbons (Fsp3) is 0.105. The molecule has 0 aromatic heterocycles. The summed E-state index contributed by atoms with van der Waals surface area (Å²) in [7, 11) is 0. The summed E-state index contributed by atoms with van der Waals surface area (Å²) in [6.45, 7) is 1.80. The van der Waals surface area contributed by atoms with Crippen molar-refractivity contribution in [3.63, 3.8) is 0 Å². The van der Waals surface area contributed by atoms with Crippen molar-refractivity contribution in [3.8, 4) is 5.75 Å². The molecule has 2 amide bonds. The normalized spacial score (nSPS) is 15.0. The first-order valence-electron chi connectivity index (χ1n) is 7.94. The lowest BCUT2D eigenvalue weighted by Gasteiger charge is -2.11. The van der Waals surface area contributed by atoms with Crippen LogP contribution in [0.2, 0.25) is 5.02 Å². The molecule has 1 saturated heterocycles. The summed E-state index contributed by atoms with van der Waals surface area (Å²) in [5, 5.41) is 5.81. The average Bonchev–Trinajstić information content (AvgIpc) is 2.93. The van der Waals surface area contributed by atoms with E-state index < -0.39 is 0 Å². The number of amides is 2. The molecule has 0 bridgehead atoms. The molecule has 2 N–H and O–H groups in total. The van der Waals surface area contributed by atoms with Crippen molar-refractivity contribution >= 4 is 63.5 Å². The summed E-state index contributed by atoms with van der Waals surface area (Å²) >= 11 is 12.2. The predicted molar refractivity (Wildman–Crippen MR) is 113 cm³/mol. The molecule has 2 aromatic rings. The Morgan fingerprint density at radius 3 is 2.70 bits per heavy atom. The van der Waals surface area contributed by atoms with E-state index in [1.807, 2.05) is 31.2 Å². The van der Waals surface area contributed by atoms with Gasteiger partial charge in [0.25, 0.3) is 11.8 Å². The predicted octanol–water partition coefficient (Wildman–Crippen LogP) is 4.15. The molecule has 0 radical (unpaired) electrons. The highest BCUT2D eigenvalue weighted by molar-refractivity contribution is 8.26. The van der Waals surface area contributed by atoms with Crippen LogP contribution in [0.4, 0.5) is 5.69 Å². The summed E-state index contributed by atoms with van der Waals surface area (Å²) in [5.41, 5.74) is 2.39. The van der Waals surface area contributed by atoms with Gasteiger partial charge in [-0.1, -0.05) is 53.3 Å². The zero-order valence-electron chi connectivity index (χ0n) is 14.2. The van der Waals surface area contributed by atoms with Gasteiger partial charge in [0.15, 0.2) is 6.61 Å². The number of anilines is 1. The van der Waals surface area contributed by atoms with Crippen LogP contribution in [-0.4, -0.2) is 22.7 Å². The Kier molecular flexibility index (Phi) is 6.15. The van der Waals surface area contributed by atoms with E-state index >= 15 is 0 Å². The van der Waals surface area contributed by atoms with Gasteiger partial charge in [0.05, 0.1) is 4.91 Å². The summed E-state index contributed by atoms with van der Waals surface area (Å²) < 4.78 is 6.03. The van der Waals surface area contributed by atoms with Crippen molar-refractivity contribution < 1.29 is 14.3 Å². The van der Waals surface area contributed by atoms with Gasteiger partial charge >= 0.3 is 0 Å². The molecule has 1 fully saturated rings. The van der Waals surface area contributed by atoms with Gasteiger partial charge < -0.3 is 15.4 Å². The van der Waals surface area contributed by atoms with Crippen LogP contribution < -0.4 is 15.4 Å². The van der Waals surface area contributed by atoms with E-state index in [1.54, 1.807) is 24.3 Å². The molecular formula is C19H15ClN2O3S2. The van der Waals surface area contributed by atoms with Crippen LogP contribution in [0.25, 0.3) is 6.08 Å². The van der Waals surface area contributed by atoms with Gasteiger partial charge in [0.1, 0.15) is 10.1 Å².